The minimum absolute atomic E-state index is 0.0336. The minimum atomic E-state index is -0.651. The standard InChI is InChI=1S/C22H23NO5/c1-5-10-27-14-8-6-13(7-9-14)17-18-15(24)11-22(2,3)12-16(18)28-20(23)19(17)21(25)26-4/h1,6-9,17H,10-12,23H2,2-4H3/t17-/m0/s1. The Bertz CT molecular complexity index is 915. The summed E-state index contributed by atoms with van der Waals surface area (Å²) in [5, 5.41) is 0. The number of ketones is 1. The topological polar surface area (TPSA) is 87.8 Å². The molecule has 1 aliphatic carbocycles. The third kappa shape index (κ3) is 3.61. The largest absolute Gasteiger partial charge is 0.481 e. The van der Waals surface area contributed by atoms with Crippen molar-refractivity contribution in [3.8, 4) is 18.1 Å². The minimum Gasteiger partial charge on any atom is -0.481 e. The van der Waals surface area contributed by atoms with Gasteiger partial charge in [-0.1, -0.05) is 31.9 Å². The molecule has 0 unspecified atom stereocenters. The van der Waals surface area contributed by atoms with Gasteiger partial charge in [0.05, 0.1) is 13.0 Å². The monoisotopic (exact) mass is 381 g/mol. The van der Waals surface area contributed by atoms with Crippen molar-refractivity contribution in [2.45, 2.75) is 32.6 Å². The van der Waals surface area contributed by atoms with Gasteiger partial charge in [-0.3, -0.25) is 4.79 Å². The van der Waals surface area contributed by atoms with Crippen LogP contribution in [0.2, 0.25) is 0 Å². The maximum atomic E-state index is 13.0. The van der Waals surface area contributed by atoms with E-state index in [1.165, 1.54) is 7.11 Å². The molecule has 0 saturated heterocycles. The molecule has 0 spiro atoms. The highest BCUT2D eigenvalue weighted by molar-refractivity contribution is 6.03. The van der Waals surface area contributed by atoms with Crippen LogP contribution < -0.4 is 10.5 Å². The Balaban J connectivity index is 2.10. The average Bonchev–Trinajstić information content (AvgIpc) is 2.64. The molecular weight excluding hydrogens is 358 g/mol. The van der Waals surface area contributed by atoms with Crippen LogP contribution in [-0.4, -0.2) is 25.5 Å². The van der Waals surface area contributed by atoms with Gasteiger partial charge in [0.2, 0.25) is 5.88 Å². The molecule has 0 radical (unpaired) electrons. The predicted molar refractivity (Wildman–Crippen MR) is 103 cm³/mol. The van der Waals surface area contributed by atoms with Crippen molar-refractivity contribution in [2.75, 3.05) is 13.7 Å². The molecule has 28 heavy (non-hydrogen) atoms. The van der Waals surface area contributed by atoms with Gasteiger partial charge < -0.3 is 19.9 Å². The number of hydrogen-bond donors (Lipinski definition) is 1. The molecule has 0 saturated carbocycles. The molecule has 0 fully saturated rings. The van der Waals surface area contributed by atoms with Crippen molar-refractivity contribution >= 4 is 11.8 Å². The van der Waals surface area contributed by atoms with Crippen LogP contribution in [0.15, 0.2) is 47.1 Å². The van der Waals surface area contributed by atoms with E-state index in [0.717, 1.165) is 5.56 Å². The van der Waals surface area contributed by atoms with Crippen LogP contribution >= 0.6 is 0 Å². The first kappa shape index (κ1) is 19.6. The summed E-state index contributed by atoms with van der Waals surface area (Å²) in [6.07, 6.45) is 6.13. The fourth-order valence-corrected chi connectivity index (χ4v) is 3.71. The maximum absolute atomic E-state index is 13.0. The molecule has 0 aromatic heterocycles. The second-order valence-corrected chi connectivity index (χ2v) is 7.64. The molecule has 2 aliphatic rings. The van der Waals surface area contributed by atoms with E-state index in [1.54, 1.807) is 24.3 Å². The lowest BCUT2D eigenvalue weighted by Crippen LogP contribution is -2.35. The molecule has 1 aromatic rings. The van der Waals surface area contributed by atoms with E-state index in [2.05, 4.69) is 5.92 Å². The van der Waals surface area contributed by atoms with Crippen molar-refractivity contribution < 1.29 is 23.8 Å². The SMILES string of the molecule is C#CCOc1ccc([C@@H]2C(C(=O)OC)=C(N)OC3=C2C(=O)CC(C)(C)C3)cc1. The quantitative estimate of drug-likeness (QED) is 0.637. The van der Waals surface area contributed by atoms with E-state index in [9.17, 15) is 9.59 Å². The van der Waals surface area contributed by atoms with Crippen LogP contribution in [0.3, 0.4) is 0 Å². The van der Waals surface area contributed by atoms with Crippen molar-refractivity contribution in [2.24, 2.45) is 11.1 Å². The number of esters is 1. The number of carbonyl (C=O) groups is 2. The average molecular weight is 381 g/mol. The van der Waals surface area contributed by atoms with E-state index in [0.29, 0.717) is 29.9 Å². The lowest BCUT2D eigenvalue weighted by Gasteiger charge is -2.37. The van der Waals surface area contributed by atoms with Crippen LogP contribution in [0.5, 0.6) is 5.75 Å². The smallest absolute Gasteiger partial charge is 0.340 e. The molecule has 6 heteroatoms. The second-order valence-electron chi connectivity index (χ2n) is 7.64. The van der Waals surface area contributed by atoms with Gasteiger partial charge in [-0.2, -0.15) is 0 Å². The predicted octanol–water partition coefficient (Wildman–Crippen LogP) is 2.80. The first-order chi connectivity index (χ1) is 13.3. The van der Waals surface area contributed by atoms with E-state index in [1.807, 2.05) is 13.8 Å². The van der Waals surface area contributed by atoms with E-state index in [4.69, 9.17) is 26.4 Å². The highest BCUT2D eigenvalue weighted by Gasteiger charge is 2.44. The summed E-state index contributed by atoms with van der Waals surface area (Å²) in [5.41, 5.74) is 7.16. The van der Waals surface area contributed by atoms with Gasteiger partial charge in [0.1, 0.15) is 23.7 Å². The summed E-state index contributed by atoms with van der Waals surface area (Å²) in [6.45, 7) is 4.15. The van der Waals surface area contributed by atoms with Crippen molar-refractivity contribution in [3.63, 3.8) is 0 Å². The van der Waals surface area contributed by atoms with Gasteiger partial charge in [0, 0.05) is 18.4 Å². The fourth-order valence-electron chi connectivity index (χ4n) is 3.71. The van der Waals surface area contributed by atoms with Gasteiger partial charge in [0.15, 0.2) is 5.78 Å². The van der Waals surface area contributed by atoms with E-state index >= 15 is 0 Å². The molecule has 1 aliphatic heterocycles. The lowest BCUT2D eigenvalue weighted by molar-refractivity contribution is -0.136. The molecule has 146 valence electrons. The molecule has 1 heterocycles. The Hall–Kier alpha value is -3.20. The number of carbonyl (C=O) groups excluding carboxylic acids is 2. The van der Waals surface area contributed by atoms with Crippen LogP contribution in [0.4, 0.5) is 0 Å². The first-order valence-corrected chi connectivity index (χ1v) is 8.95. The third-order valence-corrected chi connectivity index (χ3v) is 4.90. The normalized spacial score (nSPS) is 20.8. The lowest BCUT2D eigenvalue weighted by atomic mass is 9.70. The summed E-state index contributed by atoms with van der Waals surface area (Å²) in [7, 11) is 1.27. The zero-order chi connectivity index (χ0) is 20.5. The zero-order valence-corrected chi connectivity index (χ0v) is 16.2. The first-order valence-electron chi connectivity index (χ1n) is 8.95. The Morgan fingerprint density at radius 3 is 2.61 bits per heavy atom. The Morgan fingerprint density at radius 2 is 2.00 bits per heavy atom. The van der Waals surface area contributed by atoms with Gasteiger partial charge in [0.25, 0.3) is 0 Å². The Labute approximate surface area is 164 Å². The molecule has 2 N–H and O–H groups in total. The number of Topliss-reactive ketones (excluding diaryl/α,β-unsaturated/α-hetero) is 1. The highest BCUT2D eigenvalue weighted by Crippen LogP contribution is 2.48. The van der Waals surface area contributed by atoms with Crippen LogP contribution in [0, 0.1) is 17.8 Å². The van der Waals surface area contributed by atoms with Gasteiger partial charge in [-0.25, -0.2) is 4.79 Å². The molecule has 0 bridgehead atoms. The fraction of sp³-hybridized carbons (Fsp3) is 0.364. The molecular formula is C22H23NO5. The van der Waals surface area contributed by atoms with Crippen molar-refractivity contribution in [1.29, 1.82) is 0 Å². The van der Waals surface area contributed by atoms with Crippen LogP contribution in [0.1, 0.15) is 38.2 Å². The molecule has 0 amide bonds. The van der Waals surface area contributed by atoms with Gasteiger partial charge >= 0.3 is 5.97 Å². The number of terminal acetylenes is 1. The number of nitrogens with two attached hydrogens (primary N) is 1. The van der Waals surface area contributed by atoms with Gasteiger partial charge in [-0.15, -0.1) is 6.42 Å². The molecule has 3 rings (SSSR count). The van der Waals surface area contributed by atoms with Crippen molar-refractivity contribution in [1.82, 2.24) is 0 Å². The molecule has 1 atom stereocenters. The number of rotatable bonds is 4. The summed E-state index contributed by atoms with van der Waals surface area (Å²) < 4.78 is 16.0. The molecule has 6 nitrogen and oxygen atoms in total. The summed E-state index contributed by atoms with van der Waals surface area (Å²) in [6, 6.07) is 7.06. The van der Waals surface area contributed by atoms with Crippen molar-refractivity contribution in [3.05, 3.63) is 52.6 Å². The zero-order valence-electron chi connectivity index (χ0n) is 16.2. The molecule has 1 aromatic carbocycles. The Morgan fingerprint density at radius 1 is 1.32 bits per heavy atom. The summed E-state index contributed by atoms with van der Waals surface area (Å²) >= 11 is 0. The number of hydrogen-bond acceptors (Lipinski definition) is 6. The summed E-state index contributed by atoms with van der Waals surface area (Å²) in [5.74, 6) is 2.15. The highest BCUT2D eigenvalue weighted by atomic mass is 16.5. The van der Waals surface area contributed by atoms with E-state index < -0.39 is 11.9 Å². The third-order valence-electron chi connectivity index (χ3n) is 4.90. The van der Waals surface area contributed by atoms with Crippen LogP contribution in [-0.2, 0) is 19.1 Å². The Kier molecular flexibility index (Phi) is 5.19. The van der Waals surface area contributed by atoms with Gasteiger partial charge in [-0.05, 0) is 23.1 Å². The summed E-state index contributed by atoms with van der Waals surface area (Å²) in [4.78, 5) is 25.5. The van der Waals surface area contributed by atoms with E-state index in [-0.39, 0.29) is 29.3 Å². The number of methoxy groups -OCH3 is 1. The maximum Gasteiger partial charge on any atom is 0.340 e. The second kappa shape index (κ2) is 7.43. The number of benzene rings is 1. The number of ether oxygens (including phenoxy) is 3. The van der Waals surface area contributed by atoms with Crippen LogP contribution in [0.25, 0.3) is 0 Å². The number of allylic oxidation sites excluding steroid dienone is 2.